The zero-order valence-electron chi connectivity index (χ0n) is 18.2. The van der Waals surface area contributed by atoms with E-state index in [2.05, 4.69) is 45.5 Å². The topological polar surface area (TPSA) is 62.3 Å². The van der Waals surface area contributed by atoms with Crippen molar-refractivity contribution in [3.05, 3.63) is 40.8 Å². The van der Waals surface area contributed by atoms with Gasteiger partial charge in [-0.05, 0) is 62.9 Å². The number of anilines is 3. The number of ether oxygens (including phenoxy) is 1. The van der Waals surface area contributed by atoms with Crippen LogP contribution in [-0.2, 0) is 0 Å². The predicted molar refractivity (Wildman–Crippen MR) is 119 cm³/mol. The summed E-state index contributed by atoms with van der Waals surface area (Å²) in [5.41, 5.74) is 3.86. The van der Waals surface area contributed by atoms with Crippen LogP contribution in [0.3, 0.4) is 0 Å². The zero-order chi connectivity index (χ0) is 21.3. The van der Waals surface area contributed by atoms with Gasteiger partial charge in [0.05, 0.1) is 17.9 Å². The molecule has 1 unspecified atom stereocenters. The van der Waals surface area contributed by atoms with Gasteiger partial charge >= 0.3 is 0 Å². The second-order valence-corrected chi connectivity index (χ2v) is 8.26. The number of benzene rings is 1. The second kappa shape index (κ2) is 8.60. The third-order valence-electron chi connectivity index (χ3n) is 5.89. The Morgan fingerprint density at radius 3 is 2.90 bits per heavy atom. The summed E-state index contributed by atoms with van der Waals surface area (Å²) < 4.78 is 21.9. The molecule has 0 amide bonds. The van der Waals surface area contributed by atoms with Crippen molar-refractivity contribution in [2.75, 3.05) is 44.4 Å². The fourth-order valence-electron chi connectivity index (χ4n) is 4.15. The van der Waals surface area contributed by atoms with E-state index in [0.29, 0.717) is 41.3 Å². The lowest BCUT2D eigenvalue weighted by molar-refractivity contribution is 0.270. The first-order chi connectivity index (χ1) is 14.5. The summed E-state index contributed by atoms with van der Waals surface area (Å²) in [7, 11) is 3.90. The van der Waals surface area contributed by atoms with Crippen LogP contribution in [0, 0.1) is 12.7 Å². The molecule has 2 aliphatic rings. The van der Waals surface area contributed by atoms with Crippen molar-refractivity contribution in [1.82, 2.24) is 14.9 Å². The Balaban J connectivity index is 1.82. The van der Waals surface area contributed by atoms with E-state index in [-0.39, 0.29) is 5.82 Å². The molecule has 160 valence electrons. The van der Waals surface area contributed by atoms with E-state index in [0.717, 1.165) is 49.2 Å². The van der Waals surface area contributed by atoms with Crippen LogP contribution >= 0.6 is 0 Å². The lowest BCUT2D eigenvalue weighted by Crippen LogP contribution is -2.17. The first-order valence-corrected chi connectivity index (χ1v) is 10.6. The summed E-state index contributed by atoms with van der Waals surface area (Å²) in [4.78, 5) is 11.1. The maximum absolute atomic E-state index is 15.9. The second-order valence-electron chi connectivity index (χ2n) is 8.26. The summed E-state index contributed by atoms with van der Waals surface area (Å²) in [6.45, 7) is 6.49. The summed E-state index contributed by atoms with van der Waals surface area (Å²) in [6, 6.07) is 3.72. The number of nitrogens with one attached hydrogen (secondary N) is 2. The van der Waals surface area contributed by atoms with Gasteiger partial charge in [0.2, 0.25) is 5.95 Å². The molecular formula is C23H30FN5O. The van der Waals surface area contributed by atoms with E-state index in [9.17, 15) is 0 Å². The van der Waals surface area contributed by atoms with E-state index in [1.54, 1.807) is 7.05 Å². The Morgan fingerprint density at radius 2 is 2.10 bits per heavy atom. The van der Waals surface area contributed by atoms with Crippen molar-refractivity contribution in [1.29, 1.82) is 0 Å². The van der Waals surface area contributed by atoms with Gasteiger partial charge in [-0.15, -0.1) is 0 Å². The number of aryl methyl sites for hydroxylation is 1. The first-order valence-electron chi connectivity index (χ1n) is 10.6. The average molecular weight is 412 g/mol. The molecule has 0 radical (unpaired) electrons. The van der Waals surface area contributed by atoms with Gasteiger partial charge in [0.15, 0.2) is 5.82 Å². The molecule has 4 rings (SSSR count). The quantitative estimate of drug-likeness (QED) is 0.760. The number of aromatic nitrogens is 2. The molecule has 2 aromatic rings. The van der Waals surface area contributed by atoms with Gasteiger partial charge in [-0.2, -0.15) is 4.98 Å². The molecule has 6 nitrogen and oxygen atoms in total. The van der Waals surface area contributed by atoms with E-state index in [1.807, 2.05) is 19.1 Å². The molecule has 0 saturated carbocycles. The molecule has 1 aromatic carbocycles. The van der Waals surface area contributed by atoms with Crippen LogP contribution < -0.4 is 15.4 Å². The minimum Gasteiger partial charge on any atom is -0.493 e. The van der Waals surface area contributed by atoms with Crippen LogP contribution in [0.15, 0.2) is 18.2 Å². The summed E-state index contributed by atoms with van der Waals surface area (Å²) >= 11 is 0. The summed E-state index contributed by atoms with van der Waals surface area (Å²) in [6.07, 6.45) is 4.89. The molecule has 7 heteroatoms. The molecule has 3 heterocycles. The molecule has 30 heavy (non-hydrogen) atoms. The molecule has 0 saturated heterocycles. The monoisotopic (exact) mass is 411 g/mol. The van der Waals surface area contributed by atoms with Gasteiger partial charge in [-0.3, -0.25) is 0 Å². The van der Waals surface area contributed by atoms with Gasteiger partial charge < -0.3 is 20.3 Å². The fourth-order valence-corrected chi connectivity index (χ4v) is 4.15. The van der Waals surface area contributed by atoms with E-state index >= 15 is 4.39 Å². The van der Waals surface area contributed by atoms with Crippen LogP contribution in [0.25, 0.3) is 5.57 Å². The third-order valence-corrected chi connectivity index (χ3v) is 5.89. The van der Waals surface area contributed by atoms with Gasteiger partial charge in [-0.1, -0.05) is 13.0 Å². The van der Waals surface area contributed by atoms with Gasteiger partial charge in [0.25, 0.3) is 0 Å². The number of rotatable bonds is 4. The van der Waals surface area contributed by atoms with Crippen molar-refractivity contribution < 1.29 is 9.13 Å². The smallest absolute Gasteiger partial charge is 0.229 e. The Morgan fingerprint density at radius 1 is 1.27 bits per heavy atom. The highest BCUT2D eigenvalue weighted by molar-refractivity contribution is 5.78. The van der Waals surface area contributed by atoms with Crippen LogP contribution in [0.1, 0.15) is 48.9 Å². The highest BCUT2D eigenvalue weighted by atomic mass is 19.1. The Bertz CT molecular complexity index is 975. The normalized spacial score (nSPS) is 19.4. The first kappa shape index (κ1) is 20.6. The standard InChI is InChI=1S/C23H30FN5O/c1-14-8-11-30-22-17(14)13-18(27-23-26-15(2)12-19(25-3)28-23)21(24)20(22)16-6-5-9-29(4)10-7-16/h7,12-14H,5-6,8-11H2,1-4H3,(H2,25,26,27,28). The van der Waals surface area contributed by atoms with Crippen molar-refractivity contribution in [2.45, 2.75) is 39.0 Å². The van der Waals surface area contributed by atoms with Crippen molar-refractivity contribution in [3.8, 4) is 5.75 Å². The molecule has 0 spiro atoms. The third kappa shape index (κ3) is 4.12. The minimum absolute atomic E-state index is 0.297. The number of hydrogen-bond donors (Lipinski definition) is 2. The lowest BCUT2D eigenvalue weighted by atomic mass is 9.88. The molecule has 0 aliphatic carbocycles. The molecular weight excluding hydrogens is 381 g/mol. The Labute approximate surface area is 177 Å². The van der Waals surface area contributed by atoms with Gasteiger partial charge in [-0.25, -0.2) is 9.37 Å². The average Bonchev–Trinajstić information content (AvgIpc) is 2.93. The number of fused-ring (bicyclic) bond motifs is 1. The van der Waals surface area contributed by atoms with Crippen LogP contribution in [0.2, 0.25) is 0 Å². The van der Waals surface area contributed by atoms with E-state index in [1.165, 1.54) is 0 Å². The fraction of sp³-hybridized carbons (Fsp3) is 0.478. The van der Waals surface area contributed by atoms with Crippen LogP contribution in [0.5, 0.6) is 5.75 Å². The molecule has 0 fully saturated rings. The largest absolute Gasteiger partial charge is 0.493 e. The highest BCUT2D eigenvalue weighted by Gasteiger charge is 2.28. The van der Waals surface area contributed by atoms with Gasteiger partial charge in [0.1, 0.15) is 11.6 Å². The zero-order valence-corrected chi connectivity index (χ0v) is 18.2. The number of nitrogens with zero attached hydrogens (tertiary/aromatic N) is 3. The molecule has 0 bridgehead atoms. The molecule has 1 atom stereocenters. The van der Waals surface area contributed by atoms with Crippen molar-refractivity contribution >= 4 is 23.0 Å². The number of hydrogen-bond acceptors (Lipinski definition) is 6. The van der Waals surface area contributed by atoms with Crippen LogP contribution in [-0.4, -0.2) is 48.7 Å². The van der Waals surface area contributed by atoms with Crippen LogP contribution in [0.4, 0.5) is 21.8 Å². The van der Waals surface area contributed by atoms with E-state index in [4.69, 9.17) is 4.74 Å². The highest BCUT2D eigenvalue weighted by Crippen LogP contribution is 2.45. The van der Waals surface area contributed by atoms with E-state index < -0.39 is 0 Å². The van der Waals surface area contributed by atoms with Crippen molar-refractivity contribution in [2.24, 2.45) is 0 Å². The molecule has 2 aliphatic heterocycles. The van der Waals surface area contributed by atoms with Crippen molar-refractivity contribution in [3.63, 3.8) is 0 Å². The molecule has 1 aromatic heterocycles. The number of likely N-dealkylation sites (N-methyl/N-ethyl adjacent to an activating group) is 1. The number of halogens is 1. The Kier molecular flexibility index (Phi) is 5.90. The maximum atomic E-state index is 15.9. The van der Waals surface area contributed by atoms with Gasteiger partial charge in [0, 0.05) is 25.4 Å². The summed E-state index contributed by atoms with van der Waals surface area (Å²) in [5.74, 6) is 1.77. The Hall–Kier alpha value is -2.67. The SMILES string of the molecule is CNc1cc(C)nc(Nc2cc3c(c(C4=CCN(C)CCC4)c2F)OCCC3C)n1. The summed E-state index contributed by atoms with van der Waals surface area (Å²) in [5, 5.41) is 6.15. The maximum Gasteiger partial charge on any atom is 0.229 e. The predicted octanol–water partition coefficient (Wildman–Crippen LogP) is 4.70. The number of allylic oxidation sites excluding steroid dienone is 1. The molecule has 2 N–H and O–H groups in total. The lowest BCUT2D eigenvalue weighted by Gasteiger charge is -2.28. The minimum atomic E-state index is -0.297.